The van der Waals surface area contributed by atoms with Gasteiger partial charge >= 0.3 is 6.09 Å². The summed E-state index contributed by atoms with van der Waals surface area (Å²) in [6.07, 6.45) is 5.49. The van der Waals surface area contributed by atoms with Gasteiger partial charge in [-0.25, -0.2) is 9.18 Å². The molecule has 6 nitrogen and oxygen atoms in total. The van der Waals surface area contributed by atoms with Crippen molar-refractivity contribution in [2.45, 2.75) is 63.3 Å². The molecular weight excluding hydrogens is 313 g/mol. The van der Waals surface area contributed by atoms with Crippen molar-refractivity contribution in [2.75, 3.05) is 20.2 Å². The van der Waals surface area contributed by atoms with Crippen molar-refractivity contribution in [1.29, 1.82) is 0 Å². The van der Waals surface area contributed by atoms with Crippen molar-refractivity contribution in [3.8, 4) is 0 Å². The van der Waals surface area contributed by atoms with Gasteiger partial charge in [0.05, 0.1) is 6.17 Å². The van der Waals surface area contributed by atoms with E-state index in [-0.39, 0.29) is 18.7 Å². The number of amides is 2. The normalized spacial score (nSPS) is 37.2. The molecular formula is C17H28FN3O3. The van der Waals surface area contributed by atoms with Gasteiger partial charge in [-0.15, -0.1) is 0 Å². The first kappa shape index (κ1) is 17.5. The molecule has 0 bridgehead atoms. The van der Waals surface area contributed by atoms with E-state index in [1.807, 2.05) is 0 Å². The van der Waals surface area contributed by atoms with Crippen LogP contribution in [-0.2, 0) is 9.53 Å². The lowest BCUT2D eigenvalue weighted by Gasteiger charge is -2.34. The molecule has 3 rings (SSSR count). The Kier molecular flexibility index (Phi) is 5.58. The molecule has 1 aliphatic carbocycles. The molecule has 4 unspecified atom stereocenters. The highest BCUT2D eigenvalue weighted by Gasteiger charge is 2.36. The molecule has 2 aliphatic heterocycles. The number of nitrogens with zero attached hydrogens (tertiary/aromatic N) is 1. The zero-order chi connectivity index (χ0) is 17.1. The number of ether oxygens (including phenoxy) is 1. The lowest BCUT2D eigenvalue weighted by atomic mass is 9.80. The smallest absolute Gasteiger partial charge is 0.410 e. The third-order valence-corrected chi connectivity index (χ3v) is 5.64. The van der Waals surface area contributed by atoms with E-state index in [0.29, 0.717) is 11.8 Å². The van der Waals surface area contributed by atoms with Crippen molar-refractivity contribution in [1.82, 2.24) is 15.5 Å². The summed E-state index contributed by atoms with van der Waals surface area (Å²) in [4.78, 5) is 24.9. The van der Waals surface area contributed by atoms with Crippen LogP contribution < -0.4 is 10.6 Å². The van der Waals surface area contributed by atoms with Crippen molar-refractivity contribution in [2.24, 2.45) is 11.8 Å². The van der Waals surface area contributed by atoms with Gasteiger partial charge in [0, 0.05) is 7.05 Å². The molecule has 3 fully saturated rings. The molecule has 1 saturated carbocycles. The second-order valence-electron chi connectivity index (χ2n) is 7.48. The van der Waals surface area contributed by atoms with Crippen LogP contribution in [0.4, 0.5) is 9.18 Å². The highest BCUT2D eigenvalue weighted by atomic mass is 19.1. The number of piperidine rings is 1. The number of nitrogens with one attached hydrogen (secondary N) is 2. The quantitative estimate of drug-likeness (QED) is 0.818. The number of carbonyl (C=O) groups excluding carboxylic acids is 2. The number of cyclic esters (lactones) is 1. The third-order valence-electron chi connectivity index (χ3n) is 5.64. The maximum Gasteiger partial charge on any atom is 0.410 e. The molecule has 0 aromatic rings. The lowest BCUT2D eigenvalue weighted by molar-refractivity contribution is -0.125. The highest BCUT2D eigenvalue weighted by molar-refractivity contribution is 5.87. The standard InChI is InChI=1S/C17H28FN3O3/c1-21-14(10-24-17(21)23)16(22)20-15-6-5-12(9-19-15)7-11-3-2-4-13(18)8-11/h11-15,19H,2-10H2,1H3,(H,20,22)/t11?,12?,13?,14-,15?/m0/s1. The number of halogens is 1. The van der Waals surface area contributed by atoms with Crippen molar-refractivity contribution < 1.29 is 18.7 Å². The minimum atomic E-state index is -0.610. The first-order valence-corrected chi connectivity index (χ1v) is 9.10. The second kappa shape index (κ2) is 7.68. The molecule has 2 saturated heterocycles. The Morgan fingerprint density at radius 3 is 2.79 bits per heavy atom. The monoisotopic (exact) mass is 341 g/mol. The number of hydrogen-bond donors (Lipinski definition) is 2. The van der Waals surface area contributed by atoms with E-state index >= 15 is 0 Å². The van der Waals surface area contributed by atoms with Crippen molar-refractivity contribution >= 4 is 12.0 Å². The summed E-state index contributed by atoms with van der Waals surface area (Å²) in [6.45, 7) is 0.969. The summed E-state index contributed by atoms with van der Waals surface area (Å²) in [5, 5.41) is 6.34. The van der Waals surface area contributed by atoms with Crippen molar-refractivity contribution in [3.05, 3.63) is 0 Å². The van der Waals surface area contributed by atoms with Gasteiger partial charge in [-0.05, 0) is 50.5 Å². The Bertz CT molecular complexity index is 468. The molecule has 7 heteroatoms. The molecule has 24 heavy (non-hydrogen) atoms. The van der Waals surface area contributed by atoms with Crippen LogP contribution >= 0.6 is 0 Å². The minimum Gasteiger partial charge on any atom is -0.447 e. The van der Waals surface area contributed by atoms with Gasteiger partial charge in [0.1, 0.15) is 18.8 Å². The molecule has 0 aromatic carbocycles. The molecule has 136 valence electrons. The first-order valence-electron chi connectivity index (χ1n) is 9.10. The molecule has 5 atom stereocenters. The fourth-order valence-corrected chi connectivity index (χ4v) is 4.16. The Balaban J connectivity index is 1.39. The van der Waals surface area contributed by atoms with Crippen LogP contribution in [-0.4, -0.2) is 55.5 Å². The van der Waals surface area contributed by atoms with Crippen LogP contribution in [0, 0.1) is 11.8 Å². The fraction of sp³-hybridized carbons (Fsp3) is 0.882. The number of alkyl halides is 1. The van der Waals surface area contributed by atoms with E-state index in [2.05, 4.69) is 10.6 Å². The predicted molar refractivity (Wildman–Crippen MR) is 87.0 cm³/mol. The first-order chi connectivity index (χ1) is 11.5. The van der Waals surface area contributed by atoms with E-state index in [1.54, 1.807) is 7.05 Å². The molecule has 0 spiro atoms. The number of hydrogen-bond acceptors (Lipinski definition) is 4. The third kappa shape index (κ3) is 4.18. The number of likely N-dealkylation sites (N-methyl/N-ethyl adjacent to an activating group) is 1. The zero-order valence-electron chi connectivity index (χ0n) is 14.3. The van der Waals surface area contributed by atoms with Gasteiger partial charge < -0.3 is 10.1 Å². The molecule has 2 amide bonds. The van der Waals surface area contributed by atoms with Crippen LogP contribution in [0.25, 0.3) is 0 Å². The maximum atomic E-state index is 13.5. The largest absolute Gasteiger partial charge is 0.447 e. The van der Waals surface area contributed by atoms with Gasteiger partial charge in [0.25, 0.3) is 0 Å². The summed E-state index contributed by atoms with van der Waals surface area (Å²) >= 11 is 0. The van der Waals surface area contributed by atoms with Gasteiger partial charge in [0.2, 0.25) is 5.91 Å². The molecule has 0 radical (unpaired) electrons. The van der Waals surface area contributed by atoms with Crippen molar-refractivity contribution in [3.63, 3.8) is 0 Å². The van der Waals surface area contributed by atoms with E-state index < -0.39 is 18.3 Å². The Labute approximate surface area is 142 Å². The van der Waals surface area contributed by atoms with Crippen LogP contribution in [0.3, 0.4) is 0 Å². The summed E-state index contributed by atoms with van der Waals surface area (Å²) in [6, 6.07) is -0.541. The van der Waals surface area contributed by atoms with Gasteiger partial charge in [0.15, 0.2) is 0 Å². The lowest BCUT2D eigenvalue weighted by Crippen LogP contribution is -2.55. The van der Waals surface area contributed by atoms with Gasteiger partial charge in [-0.1, -0.05) is 12.8 Å². The second-order valence-corrected chi connectivity index (χ2v) is 7.48. The Morgan fingerprint density at radius 2 is 2.17 bits per heavy atom. The fourth-order valence-electron chi connectivity index (χ4n) is 4.16. The zero-order valence-corrected chi connectivity index (χ0v) is 14.3. The maximum absolute atomic E-state index is 13.5. The van der Waals surface area contributed by atoms with Crippen LogP contribution in [0.5, 0.6) is 0 Å². The van der Waals surface area contributed by atoms with E-state index in [1.165, 1.54) is 4.90 Å². The van der Waals surface area contributed by atoms with Gasteiger partial charge in [-0.2, -0.15) is 0 Å². The summed E-state index contributed by atoms with van der Waals surface area (Å²) < 4.78 is 18.4. The average molecular weight is 341 g/mol. The number of rotatable bonds is 4. The van der Waals surface area contributed by atoms with E-state index in [9.17, 15) is 14.0 Å². The molecule has 0 aromatic heterocycles. The predicted octanol–water partition coefficient (Wildman–Crippen LogP) is 1.80. The van der Waals surface area contributed by atoms with E-state index in [0.717, 1.165) is 51.5 Å². The summed E-state index contributed by atoms with van der Waals surface area (Å²) in [5.41, 5.74) is 0. The Morgan fingerprint density at radius 1 is 1.33 bits per heavy atom. The molecule has 3 aliphatic rings. The Hall–Kier alpha value is -1.37. The topological polar surface area (TPSA) is 70.7 Å². The summed E-state index contributed by atoms with van der Waals surface area (Å²) in [5.74, 6) is 0.904. The molecule has 2 heterocycles. The van der Waals surface area contributed by atoms with E-state index in [4.69, 9.17) is 4.74 Å². The van der Waals surface area contributed by atoms with Gasteiger partial charge in [-0.3, -0.25) is 15.0 Å². The molecule has 2 N–H and O–H groups in total. The van der Waals surface area contributed by atoms with Crippen LogP contribution in [0.2, 0.25) is 0 Å². The minimum absolute atomic E-state index is 0.0573. The average Bonchev–Trinajstić information content (AvgIpc) is 2.89. The summed E-state index contributed by atoms with van der Waals surface area (Å²) in [7, 11) is 1.58. The van der Waals surface area contributed by atoms with Crippen LogP contribution in [0.15, 0.2) is 0 Å². The SMILES string of the molecule is CN1C(=O)OC[C@H]1C(=O)NC1CCC(CC2CCCC(F)C2)CN1. The van der Waals surface area contributed by atoms with Crippen LogP contribution in [0.1, 0.15) is 44.9 Å². The highest BCUT2D eigenvalue weighted by Crippen LogP contribution is 2.33. The number of carbonyl (C=O) groups is 2.